The Hall–Kier alpha value is -5.07. The SMILES string of the molecule is COC(=O)c1cc(NC(=O)CN2CCN(C(c3ccccc3)c3ccccc3)CC2)cc(C(=O)OC)c1.O=C(O)C(=O)O. The zero-order chi connectivity index (χ0) is 31.4. The van der Waals surface area contributed by atoms with Crippen LogP contribution >= 0.6 is 0 Å². The second kappa shape index (κ2) is 15.8. The Kier molecular flexibility index (Phi) is 11.9. The number of nitrogens with one attached hydrogen (secondary N) is 1. The molecule has 12 heteroatoms. The fourth-order valence-electron chi connectivity index (χ4n) is 4.64. The lowest BCUT2D eigenvalue weighted by molar-refractivity contribution is -0.159. The third-order valence-corrected chi connectivity index (χ3v) is 6.61. The van der Waals surface area contributed by atoms with E-state index in [4.69, 9.17) is 29.3 Å². The molecule has 0 spiro atoms. The quantitative estimate of drug-likeness (QED) is 0.261. The Morgan fingerprint density at radius 3 is 1.56 bits per heavy atom. The molecule has 0 saturated carbocycles. The van der Waals surface area contributed by atoms with Gasteiger partial charge in [0.1, 0.15) is 0 Å². The van der Waals surface area contributed by atoms with Crippen molar-refractivity contribution in [1.82, 2.24) is 9.80 Å². The van der Waals surface area contributed by atoms with Gasteiger partial charge < -0.3 is 25.0 Å². The van der Waals surface area contributed by atoms with E-state index in [0.717, 1.165) is 26.2 Å². The number of hydrogen-bond acceptors (Lipinski definition) is 9. The molecule has 0 aromatic heterocycles. The van der Waals surface area contributed by atoms with Crippen LogP contribution in [0.3, 0.4) is 0 Å². The molecule has 0 atom stereocenters. The highest BCUT2D eigenvalue weighted by atomic mass is 16.5. The van der Waals surface area contributed by atoms with E-state index in [-0.39, 0.29) is 29.6 Å². The Morgan fingerprint density at radius 2 is 1.16 bits per heavy atom. The number of methoxy groups -OCH3 is 2. The lowest BCUT2D eigenvalue weighted by atomic mass is 9.96. The molecule has 0 unspecified atom stereocenters. The first-order valence-corrected chi connectivity index (χ1v) is 13.3. The highest BCUT2D eigenvalue weighted by molar-refractivity contribution is 6.27. The van der Waals surface area contributed by atoms with Crippen molar-refractivity contribution in [2.45, 2.75) is 6.04 Å². The van der Waals surface area contributed by atoms with Gasteiger partial charge in [0.15, 0.2) is 0 Å². The maximum atomic E-state index is 12.8. The van der Waals surface area contributed by atoms with Crippen molar-refractivity contribution in [2.24, 2.45) is 0 Å². The van der Waals surface area contributed by atoms with Crippen LogP contribution in [0.25, 0.3) is 0 Å². The average Bonchev–Trinajstić information content (AvgIpc) is 3.02. The van der Waals surface area contributed by atoms with Gasteiger partial charge in [-0.05, 0) is 29.3 Å². The molecule has 3 N–H and O–H groups in total. The standard InChI is InChI=1S/C29H31N3O5.C2H2O4/c1-36-28(34)23-17-24(29(35)37-2)19-25(18-23)30-26(33)20-31-13-15-32(16-14-31)27(21-9-5-3-6-10-21)22-11-7-4-8-12-22;3-1(4)2(5)6/h3-12,17-19,27H,13-16,20H2,1-2H3,(H,30,33);(H,3,4)(H,5,6). The van der Waals surface area contributed by atoms with Crippen molar-refractivity contribution in [3.63, 3.8) is 0 Å². The first kappa shape index (κ1) is 32.4. The van der Waals surface area contributed by atoms with Crippen LogP contribution in [0.2, 0.25) is 0 Å². The molecule has 12 nitrogen and oxygen atoms in total. The number of nitrogens with zero attached hydrogens (tertiary/aromatic N) is 2. The lowest BCUT2D eigenvalue weighted by Crippen LogP contribution is -2.49. The number of rotatable bonds is 8. The first-order valence-electron chi connectivity index (χ1n) is 13.3. The Labute approximate surface area is 248 Å². The largest absolute Gasteiger partial charge is 0.473 e. The number of carboxylic acids is 2. The molecular weight excluding hydrogens is 558 g/mol. The first-order chi connectivity index (χ1) is 20.6. The van der Waals surface area contributed by atoms with Gasteiger partial charge in [-0.1, -0.05) is 60.7 Å². The lowest BCUT2D eigenvalue weighted by Gasteiger charge is -2.39. The van der Waals surface area contributed by atoms with Crippen molar-refractivity contribution < 1.29 is 43.7 Å². The minimum atomic E-state index is -1.82. The van der Waals surface area contributed by atoms with Gasteiger partial charge in [-0.25, -0.2) is 19.2 Å². The summed E-state index contributed by atoms with van der Waals surface area (Å²) in [5.74, 6) is -5.09. The van der Waals surface area contributed by atoms with Crippen molar-refractivity contribution in [1.29, 1.82) is 0 Å². The molecule has 0 aliphatic carbocycles. The van der Waals surface area contributed by atoms with Crippen LogP contribution in [-0.2, 0) is 23.9 Å². The summed E-state index contributed by atoms with van der Waals surface area (Å²) < 4.78 is 9.53. The summed E-state index contributed by atoms with van der Waals surface area (Å²) in [6.45, 7) is 3.29. The minimum Gasteiger partial charge on any atom is -0.473 e. The van der Waals surface area contributed by atoms with Crippen LogP contribution in [-0.4, -0.2) is 96.7 Å². The molecule has 43 heavy (non-hydrogen) atoms. The maximum Gasteiger partial charge on any atom is 0.414 e. The van der Waals surface area contributed by atoms with Crippen molar-refractivity contribution in [2.75, 3.05) is 52.3 Å². The van der Waals surface area contributed by atoms with E-state index in [1.165, 1.54) is 43.5 Å². The molecular formula is C31H33N3O9. The van der Waals surface area contributed by atoms with Crippen molar-refractivity contribution in [3.8, 4) is 0 Å². The predicted molar refractivity (Wildman–Crippen MR) is 156 cm³/mol. The Morgan fingerprint density at radius 1 is 0.721 bits per heavy atom. The summed E-state index contributed by atoms with van der Waals surface area (Å²) in [4.78, 5) is 59.6. The fraction of sp³-hybridized carbons (Fsp3) is 0.258. The average molecular weight is 592 g/mol. The Bertz CT molecular complexity index is 1340. The van der Waals surface area contributed by atoms with E-state index in [1.54, 1.807) is 0 Å². The highest BCUT2D eigenvalue weighted by Crippen LogP contribution is 2.29. The number of anilines is 1. The number of carbonyl (C=O) groups is 5. The van der Waals surface area contributed by atoms with Crippen LogP contribution in [0.5, 0.6) is 0 Å². The molecule has 1 amide bonds. The molecule has 1 fully saturated rings. The van der Waals surface area contributed by atoms with Gasteiger partial charge in [0.05, 0.1) is 37.9 Å². The number of piperazine rings is 1. The molecule has 4 rings (SSSR count). The van der Waals surface area contributed by atoms with Gasteiger partial charge in [-0.15, -0.1) is 0 Å². The van der Waals surface area contributed by atoms with E-state index in [0.29, 0.717) is 5.69 Å². The molecule has 3 aromatic rings. The van der Waals surface area contributed by atoms with Crippen LogP contribution in [0.1, 0.15) is 37.9 Å². The summed E-state index contributed by atoms with van der Waals surface area (Å²) in [6, 6.07) is 25.4. The van der Waals surface area contributed by atoms with E-state index < -0.39 is 23.9 Å². The van der Waals surface area contributed by atoms with Gasteiger partial charge in [0, 0.05) is 31.9 Å². The highest BCUT2D eigenvalue weighted by Gasteiger charge is 2.27. The monoisotopic (exact) mass is 591 g/mol. The second-order valence-electron chi connectivity index (χ2n) is 9.48. The second-order valence-corrected chi connectivity index (χ2v) is 9.48. The molecule has 1 aliphatic rings. The molecule has 226 valence electrons. The smallest absolute Gasteiger partial charge is 0.414 e. The molecule has 1 heterocycles. The minimum absolute atomic E-state index is 0.149. The number of ether oxygens (including phenoxy) is 2. The number of benzene rings is 3. The molecule has 3 aromatic carbocycles. The molecule has 0 radical (unpaired) electrons. The number of carboxylic acid groups (broad SMARTS) is 2. The number of esters is 2. The molecule has 1 saturated heterocycles. The summed E-state index contributed by atoms with van der Waals surface area (Å²) in [7, 11) is 2.51. The van der Waals surface area contributed by atoms with E-state index in [9.17, 15) is 14.4 Å². The number of carbonyl (C=O) groups excluding carboxylic acids is 3. The number of aliphatic carboxylic acids is 2. The van der Waals surface area contributed by atoms with Crippen LogP contribution in [0, 0.1) is 0 Å². The van der Waals surface area contributed by atoms with Crippen molar-refractivity contribution in [3.05, 3.63) is 101 Å². The van der Waals surface area contributed by atoms with Gasteiger partial charge in [-0.2, -0.15) is 0 Å². The summed E-state index contributed by atoms with van der Waals surface area (Å²) >= 11 is 0. The third-order valence-electron chi connectivity index (χ3n) is 6.61. The van der Waals surface area contributed by atoms with Crippen LogP contribution in [0.15, 0.2) is 78.9 Å². The Balaban J connectivity index is 0.000000765. The number of amides is 1. The van der Waals surface area contributed by atoms with Gasteiger partial charge in [0.25, 0.3) is 0 Å². The zero-order valence-corrected chi connectivity index (χ0v) is 23.8. The van der Waals surface area contributed by atoms with Gasteiger partial charge in [-0.3, -0.25) is 14.6 Å². The van der Waals surface area contributed by atoms with Crippen LogP contribution < -0.4 is 5.32 Å². The number of hydrogen-bond donors (Lipinski definition) is 3. The van der Waals surface area contributed by atoms with Crippen LogP contribution in [0.4, 0.5) is 5.69 Å². The van der Waals surface area contributed by atoms with E-state index in [1.807, 2.05) is 12.1 Å². The molecule has 1 aliphatic heterocycles. The predicted octanol–water partition coefficient (Wildman–Crippen LogP) is 2.76. The van der Waals surface area contributed by atoms with Gasteiger partial charge >= 0.3 is 23.9 Å². The summed E-state index contributed by atoms with van der Waals surface area (Å²) in [5, 5.41) is 17.6. The van der Waals surface area contributed by atoms with E-state index >= 15 is 0 Å². The summed E-state index contributed by atoms with van der Waals surface area (Å²) in [5.41, 5.74) is 3.13. The van der Waals surface area contributed by atoms with Gasteiger partial charge in [0.2, 0.25) is 5.91 Å². The zero-order valence-electron chi connectivity index (χ0n) is 23.8. The normalized spacial score (nSPS) is 13.3. The summed E-state index contributed by atoms with van der Waals surface area (Å²) in [6.07, 6.45) is 0. The van der Waals surface area contributed by atoms with Crippen molar-refractivity contribution >= 4 is 35.5 Å². The maximum absolute atomic E-state index is 12.8. The third kappa shape index (κ3) is 9.48. The fourth-order valence-corrected chi connectivity index (χ4v) is 4.64. The van der Waals surface area contributed by atoms with E-state index in [2.05, 4.69) is 63.6 Å². The molecule has 0 bridgehead atoms. The topological polar surface area (TPSA) is 163 Å².